The lowest BCUT2D eigenvalue weighted by atomic mass is 10.1. The standard InChI is InChI=1S/C19H23BrN2O2/c1-24-14-17-9-7-16(8-10-17)13-22-19(23)21-11-3-5-15-4-2-6-18(20)12-15/h2,4,6-10,12H,3,5,11,13-14H2,1H3,(H2,21,22,23). The van der Waals surface area contributed by atoms with Gasteiger partial charge in [0.05, 0.1) is 6.61 Å². The summed E-state index contributed by atoms with van der Waals surface area (Å²) >= 11 is 3.46. The van der Waals surface area contributed by atoms with Crippen LogP contribution in [0.2, 0.25) is 0 Å². The summed E-state index contributed by atoms with van der Waals surface area (Å²) in [5.74, 6) is 0. The number of benzene rings is 2. The normalized spacial score (nSPS) is 10.4. The number of halogens is 1. The van der Waals surface area contributed by atoms with Crippen LogP contribution < -0.4 is 10.6 Å². The molecule has 0 aliphatic rings. The molecule has 0 saturated heterocycles. The van der Waals surface area contributed by atoms with E-state index in [0.717, 1.165) is 28.4 Å². The number of amides is 2. The summed E-state index contributed by atoms with van der Waals surface area (Å²) in [4.78, 5) is 11.8. The highest BCUT2D eigenvalue weighted by atomic mass is 79.9. The van der Waals surface area contributed by atoms with Crippen LogP contribution in [0.1, 0.15) is 23.1 Å². The fourth-order valence-corrected chi connectivity index (χ4v) is 2.80. The molecule has 0 heterocycles. The maximum absolute atomic E-state index is 11.8. The largest absolute Gasteiger partial charge is 0.380 e. The Morgan fingerprint density at radius 2 is 1.79 bits per heavy atom. The summed E-state index contributed by atoms with van der Waals surface area (Å²) in [6, 6.07) is 16.1. The van der Waals surface area contributed by atoms with Crippen molar-refractivity contribution in [2.75, 3.05) is 13.7 Å². The Kier molecular flexibility index (Phi) is 7.79. The topological polar surface area (TPSA) is 50.4 Å². The minimum atomic E-state index is -0.134. The number of carbonyl (C=O) groups excluding carboxylic acids is 1. The Bertz CT molecular complexity index is 644. The van der Waals surface area contributed by atoms with Crippen molar-refractivity contribution >= 4 is 22.0 Å². The lowest BCUT2D eigenvalue weighted by Crippen LogP contribution is -2.35. The van der Waals surface area contributed by atoms with Crippen LogP contribution in [0.15, 0.2) is 53.0 Å². The van der Waals surface area contributed by atoms with Crippen molar-refractivity contribution in [1.82, 2.24) is 10.6 Å². The predicted molar refractivity (Wildman–Crippen MR) is 99.9 cm³/mol. The summed E-state index contributed by atoms with van der Waals surface area (Å²) in [5.41, 5.74) is 3.46. The Morgan fingerprint density at radius 3 is 2.50 bits per heavy atom. The molecule has 0 radical (unpaired) electrons. The van der Waals surface area contributed by atoms with Gasteiger partial charge in [0.1, 0.15) is 0 Å². The average molecular weight is 391 g/mol. The zero-order valence-electron chi connectivity index (χ0n) is 13.8. The first-order valence-electron chi connectivity index (χ1n) is 8.00. The molecule has 0 bridgehead atoms. The lowest BCUT2D eigenvalue weighted by molar-refractivity contribution is 0.185. The van der Waals surface area contributed by atoms with Gasteiger partial charge >= 0.3 is 6.03 Å². The number of carbonyl (C=O) groups is 1. The molecular weight excluding hydrogens is 368 g/mol. The number of ether oxygens (including phenoxy) is 1. The number of hydrogen-bond donors (Lipinski definition) is 2. The van der Waals surface area contributed by atoms with Crippen LogP contribution in [0.5, 0.6) is 0 Å². The third kappa shape index (κ3) is 6.72. The molecule has 0 aliphatic carbocycles. The molecule has 2 aromatic rings. The molecule has 0 atom stereocenters. The van der Waals surface area contributed by atoms with Gasteiger partial charge in [-0.25, -0.2) is 4.79 Å². The summed E-state index contributed by atoms with van der Waals surface area (Å²) in [6.07, 6.45) is 1.86. The smallest absolute Gasteiger partial charge is 0.315 e. The number of aryl methyl sites for hydroxylation is 1. The molecule has 2 amide bonds. The van der Waals surface area contributed by atoms with Gasteiger partial charge in [-0.2, -0.15) is 0 Å². The summed E-state index contributed by atoms with van der Waals surface area (Å²) < 4.78 is 6.16. The molecule has 2 aromatic carbocycles. The number of rotatable bonds is 8. The van der Waals surface area contributed by atoms with Gasteiger partial charge < -0.3 is 15.4 Å². The zero-order chi connectivity index (χ0) is 17.2. The van der Waals surface area contributed by atoms with E-state index >= 15 is 0 Å². The van der Waals surface area contributed by atoms with E-state index in [9.17, 15) is 4.79 Å². The van der Waals surface area contributed by atoms with Crippen molar-refractivity contribution in [3.8, 4) is 0 Å². The minimum Gasteiger partial charge on any atom is -0.380 e. The van der Waals surface area contributed by atoms with E-state index in [4.69, 9.17) is 4.74 Å². The van der Waals surface area contributed by atoms with Crippen LogP contribution in [0.3, 0.4) is 0 Å². The van der Waals surface area contributed by atoms with Crippen molar-refractivity contribution in [3.63, 3.8) is 0 Å². The molecule has 2 rings (SSSR count). The number of hydrogen-bond acceptors (Lipinski definition) is 2. The molecule has 0 unspecified atom stereocenters. The van der Waals surface area contributed by atoms with Crippen molar-refractivity contribution in [1.29, 1.82) is 0 Å². The van der Waals surface area contributed by atoms with Crippen molar-refractivity contribution in [2.45, 2.75) is 26.0 Å². The minimum absolute atomic E-state index is 0.134. The van der Waals surface area contributed by atoms with Gasteiger partial charge in [0.15, 0.2) is 0 Å². The van der Waals surface area contributed by atoms with Gasteiger partial charge in [-0.05, 0) is 41.7 Å². The summed E-state index contributed by atoms with van der Waals surface area (Å²) in [7, 11) is 1.68. The van der Waals surface area contributed by atoms with Crippen LogP contribution >= 0.6 is 15.9 Å². The van der Waals surface area contributed by atoms with E-state index < -0.39 is 0 Å². The highest BCUT2D eigenvalue weighted by Gasteiger charge is 2.01. The molecule has 24 heavy (non-hydrogen) atoms. The predicted octanol–water partition coefficient (Wildman–Crippen LogP) is 4.03. The zero-order valence-corrected chi connectivity index (χ0v) is 15.4. The third-order valence-electron chi connectivity index (χ3n) is 3.60. The Labute approximate surface area is 151 Å². The molecule has 0 saturated carbocycles. The molecule has 128 valence electrons. The fraction of sp³-hybridized carbons (Fsp3) is 0.316. The SMILES string of the molecule is COCc1ccc(CNC(=O)NCCCc2cccc(Br)c2)cc1. The van der Waals surface area contributed by atoms with Crippen molar-refractivity contribution < 1.29 is 9.53 Å². The van der Waals surface area contributed by atoms with E-state index in [1.165, 1.54) is 5.56 Å². The molecule has 0 spiro atoms. The number of nitrogens with one attached hydrogen (secondary N) is 2. The molecule has 0 fully saturated rings. The van der Waals surface area contributed by atoms with E-state index in [1.807, 2.05) is 36.4 Å². The van der Waals surface area contributed by atoms with Crippen LogP contribution in [-0.4, -0.2) is 19.7 Å². The van der Waals surface area contributed by atoms with Gasteiger partial charge in [-0.3, -0.25) is 0 Å². The van der Waals surface area contributed by atoms with E-state index in [2.05, 4.69) is 38.7 Å². The summed E-state index contributed by atoms with van der Waals surface area (Å²) in [6.45, 7) is 1.78. The van der Waals surface area contributed by atoms with Gasteiger partial charge in [0.2, 0.25) is 0 Å². The highest BCUT2D eigenvalue weighted by Crippen LogP contribution is 2.12. The molecule has 2 N–H and O–H groups in total. The molecular formula is C19H23BrN2O2. The Morgan fingerprint density at radius 1 is 1.04 bits per heavy atom. The Hall–Kier alpha value is -1.85. The quantitative estimate of drug-likeness (QED) is 0.668. The van der Waals surface area contributed by atoms with Crippen LogP contribution in [-0.2, 0) is 24.3 Å². The number of methoxy groups -OCH3 is 1. The van der Waals surface area contributed by atoms with Crippen molar-refractivity contribution in [3.05, 3.63) is 69.7 Å². The fourth-order valence-electron chi connectivity index (χ4n) is 2.35. The second-order valence-electron chi connectivity index (χ2n) is 5.59. The Balaban J connectivity index is 1.62. The van der Waals surface area contributed by atoms with E-state index in [-0.39, 0.29) is 6.03 Å². The van der Waals surface area contributed by atoms with Gasteiger partial charge in [-0.1, -0.05) is 52.3 Å². The van der Waals surface area contributed by atoms with Crippen LogP contribution in [0, 0.1) is 0 Å². The maximum atomic E-state index is 11.8. The monoisotopic (exact) mass is 390 g/mol. The average Bonchev–Trinajstić information content (AvgIpc) is 2.58. The van der Waals surface area contributed by atoms with Crippen LogP contribution in [0.25, 0.3) is 0 Å². The van der Waals surface area contributed by atoms with Gasteiger partial charge in [0, 0.05) is 24.7 Å². The van der Waals surface area contributed by atoms with Gasteiger partial charge in [-0.15, -0.1) is 0 Å². The first-order chi connectivity index (χ1) is 11.7. The third-order valence-corrected chi connectivity index (χ3v) is 4.10. The molecule has 0 aromatic heterocycles. The molecule has 5 heteroatoms. The second-order valence-corrected chi connectivity index (χ2v) is 6.51. The van der Waals surface area contributed by atoms with Gasteiger partial charge in [0.25, 0.3) is 0 Å². The van der Waals surface area contributed by atoms with E-state index in [1.54, 1.807) is 7.11 Å². The molecule has 4 nitrogen and oxygen atoms in total. The van der Waals surface area contributed by atoms with E-state index in [0.29, 0.717) is 19.7 Å². The van der Waals surface area contributed by atoms with Crippen LogP contribution in [0.4, 0.5) is 4.79 Å². The summed E-state index contributed by atoms with van der Waals surface area (Å²) in [5, 5.41) is 5.76. The number of urea groups is 1. The van der Waals surface area contributed by atoms with Crippen molar-refractivity contribution in [2.24, 2.45) is 0 Å². The molecule has 0 aliphatic heterocycles. The first-order valence-corrected chi connectivity index (χ1v) is 8.79. The maximum Gasteiger partial charge on any atom is 0.315 e. The second kappa shape index (κ2) is 10.1. The first kappa shape index (κ1) is 18.5. The highest BCUT2D eigenvalue weighted by molar-refractivity contribution is 9.10. The lowest BCUT2D eigenvalue weighted by Gasteiger charge is -2.08.